The van der Waals surface area contributed by atoms with Crippen LogP contribution in [-0.4, -0.2) is 21.3 Å². The SMILES string of the molecule is Cc1[nH]nc(CC(=O)O)c1-c1ccc(Cl)s1. The highest BCUT2D eigenvalue weighted by atomic mass is 35.5. The molecule has 0 bridgehead atoms. The van der Waals surface area contributed by atoms with Crippen LogP contribution in [0.1, 0.15) is 11.4 Å². The topological polar surface area (TPSA) is 66.0 Å². The third-order valence-electron chi connectivity index (χ3n) is 2.16. The summed E-state index contributed by atoms with van der Waals surface area (Å²) in [5.74, 6) is -0.893. The van der Waals surface area contributed by atoms with E-state index < -0.39 is 5.97 Å². The summed E-state index contributed by atoms with van der Waals surface area (Å²) in [7, 11) is 0. The molecule has 0 aromatic carbocycles. The molecule has 2 N–H and O–H groups in total. The average molecular weight is 257 g/mol. The van der Waals surface area contributed by atoms with Crippen LogP contribution in [0.15, 0.2) is 12.1 Å². The molecule has 0 spiro atoms. The van der Waals surface area contributed by atoms with Crippen molar-refractivity contribution in [3.63, 3.8) is 0 Å². The molecule has 0 atom stereocenters. The van der Waals surface area contributed by atoms with Gasteiger partial charge in [-0.25, -0.2) is 0 Å². The Morgan fingerprint density at radius 3 is 2.94 bits per heavy atom. The van der Waals surface area contributed by atoms with Gasteiger partial charge < -0.3 is 5.11 Å². The third-order valence-corrected chi connectivity index (χ3v) is 3.41. The van der Waals surface area contributed by atoms with Crippen LogP contribution in [-0.2, 0) is 11.2 Å². The van der Waals surface area contributed by atoms with Gasteiger partial charge in [0.15, 0.2) is 0 Å². The van der Waals surface area contributed by atoms with Crippen LogP contribution in [0.5, 0.6) is 0 Å². The Bertz CT molecular complexity index is 533. The van der Waals surface area contributed by atoms with Gasteiger partial charge in [0.05, 0.1) is 16.5 Å². The van der Waals surface area contributed by atoms with Crippen molar-refractivity contribution >= 4 is 28.9 Å². The van der Waals surface area contributed by atoms with Crippen LogP contribution < -0.4 is 0 Å². The minimum absolute atomic E-state index is 0.0881. The van der Waals surface area contributed by atoms with E-state index >= 15 is 0 Å². The molecule has 2 rings (SSSR count). The molecule has 2 aromatic rings. The Labute approximate surface area is 101 Å². The van der Waals surface area contributed by atoms with Crippen molar-refractivity contribution in [3.8, 4) is 10.4 Å². The predicted octanol–water partition coefficient (Wildman–Crippen LogP) is 2.73. The van der Waals surface area contributed by atoms with E-state index in [1.807, 2.05) is 13.0 Å². The Hall–Kier alpha value is -1.33. The standard InChI is InChI=1S/C10H9ClN2O2S/c1-5-10(7-2-3-8(11)16-7)6(13-12-5)4-9(14)15/h2-3H,4H2,1H3,(H,12,13)(H,14,15). The first-order valence-corrected chi connectivity index (χ1v) is 5.78. The number of carbonyl (C=O) groups is 1. The van der Waals surface area contributed by atoms with Crippen LogP contribution in [0.2, 0.25) is 4.34 Å². The number of H-pyrrole nitrogens is 1. The number of thiophene rings is 1. The van der Waals surface area contributed by atoms with Crippen LogP contribution in [0.4, 0.5) is 0 Å². The number of aliphatic carboxylic acids is 1. The molecule has 0 aliphatic carbocycles. The largest absolute Gasteiger partial charge is 0.481 e. The molecule has 0 aliphatic rings. The van der Waals surface area contributed by atoms with Gasteiger partial charge in [0.25, 0.3) is 0 Å². The van der Waals surface area contributed by atoms with E-state index in [0.717, 1.165) is 16.1 Å². The maximum absolute atomic E-state index is 10.7. The van der Waals surface area contributed by atoms with Gasteiger partial charge in [0, 0.05) is 16.1 Å². The van der Waals surface area contributed by atoms with Crippen molar-refractivity contribution in [2.75, 3.05) is 0 Å². The molecule has 0 amide bonds. The molecule has 0 unspecified atom stereocenters. The minimum Gasteiger partial charge on any atom is -0.481 e. The maximum atomic E-state index is 10.7. The zero-order valence-corrected chi connectivity index (χ0v) is 10.0. The zero-order valence-electron chi connectivity index (χ0n) is 8.45. The first-order chi connectivity index (χ1) is 7.58. The van der Waals surface area contributed by atoms with Crippen LogP contribution in [0.3, 0.4) is 0 Å². The molecule has 2 aromatic heterocycles. The normalized spacial score (nSPS) is 10.6. The number of rotatable bonds is 3. The van der Waals surface area contributed by atoms with E-state index in [0.29, 0.717) is 10.0 Å². The number of aromatic amines is 1. The summed E-state index contributed by atoms with van der Waals surface area (Å²) in [6.45, 7) is 1.86. The van der Waals surface area contributed by atoms with Gasteiger partial charge in [-0.1, -0.05) is 11.6 Å². The summed E-state index contributed by atoms with van der Waals surface area (Å²) in [6.07, 6.45) is -0.0881. The van der Waals surface area contributed by atoms with E-state index in [2.05, 4.69) is 10.2 Å². The number of nitrogens with zero attached hydrogens (tertiary/aromatic N) is 1. The van der Waals surface area contributed by atoms with Crippen molar-refractivity contribution in [2.24, 2.45) is 0 Å². The molecule has 0 saturated heterocycles. The summed E-state index contributed by atoms with van der Waals surface area (Å²) in [5, 5.41) is 15.6. The molecule has 0 aliphatic heterocycles. The summed E-state index contributed by atoms with van der Waals surface area (Å²) < 4.78 is 0.678. The second kappa shape index (κ2) is 4.27. The Kier molecular flexibility index (Phi) is 2.98. The number of hydrogen-bond acceptors (Lipinski definition) is 3. The van der Waals surface area contributed by atoms with Gasteiger partial charge in [-0.05, 0) is 19.1 Å². The van der Waals surface area contributed by atoms with E-state index in [9.17, 15) is 4.79 Å². The lowest BCUT2D eigenvalue weighted by Crippen LogP contribution is -2.01. The fourth-order valence-electron chi connectivity index (χ4n) is 1.53. The van der Waals surface area contributed by atoms with Crippen LogP contribution in [0.25, 0.3) is 10.4 Å². The van der Waals surface area contributed by atoms with E-state index in [1.54, 1.807) is 6.07 Å². The van der Waals surface area contributed by atoms with Crippen molar-refractivity contribution in [2.45, 2.75) is 13.3 Å². The number of hydrogen-bond donors (Lipinski definition) is 2. The summed E-state index contributed by atoms with van der Waals surface area (Å²) in [4.78, 5) is 11.6. The average Bonchev–Trinajstić information content (AvgIpc) is 2.73. The Morgan fingerprint density at radius 2 is 2.38 bits per heavy atom. The summed E-state index contributed by atoms with van der Waals surface area (Å²) in [6, 6.07) is 3.66. The monoisotopic (exact) mass is 256 g/mol. The van der Waals surface area contributed by atoms with Crippen molar-refractivity contribution in [1.82, 2.24) is 10.2 Å². The number of carboxylic acids is 1. The molecule has 0 saturated carbocycles. The molecule has 0 fully saturated rings. The van der Waals surface area contributed by atoms with E-state index in [1.165, 1.54) is 11.3 Å². The highest BCUT2D eigenvalue weighted by Gasteiger charge is 2.16. The second-order valence-corrected chi connectivity index (χ2v) is 5.06. The van der Waals surface area contributed by atoms with Crippen LogP contribution >= 0.6 is 22.9 Å². The number of aromatic nitrogens is 2. The first-order valence-electron chi connectivity index (χ1n) is 4.59. The fourth-order valence-corrected chi connectivity index (χ4v) is 2.69. The third kappa shape index (κ3) is 2.10. The smallest absolute Gasteiger partial charge is 0.309 e. The lowest BCUT2D eigenvalue weighted by Gasteiger charge is -1.98. The van der Waals surface area contributed by atoms with Gasteiger partial charge in [0.1, 0.15) is 0 Å². The summed E-state index contributed by atoms with van der Waals surface area (Å²) >= 11 is 7.27. The molecular formula is C10H9ClN2O2S. The van der Waals surface area contributed by atoms with Crippen LogP contribution in [0, 0.1) is 6.92 Å². The Balaban J connectivity index is 2.46. The minimum atomic E-state index is -0.893. The van der Waals surface area contributed by atoms with Gasteiger partial charge in [-0.15, -0.1) is 11.3 Å². The quantitative estimate of drug-likeness (QED) is 0.887. The van der Waals surface area contributed by atoms with Gasteiger partial charge >= 0.3 is 5.97 Å². The van der Waals surface area contributed by atoms with Crippen molar-refractivity contribution < 1.29 is 9.90 Å². The zero-order chi connectivity index (χ0) is 11.7. The van der Waals surface area contributed by atoms with Crippen molar-refractivity contribution in [3.05, 3.63) is 27.9 Å². The lowest BCUT2D eigenvalue weighted by molar-refractivity contribution is -0.136. The molecule has 16 heavy (non-hydrogen) atoms. The second-order valence-electron chi connectivity index (χ2n) is 3.34. The number of nitrogens with one attached hydrogen (secondary N) is 1. The Morgan fingerprint density at radius 1 is 1.62 bits per heavy atom. The molecule has 2 heterocycles. The highest BCUT2D eigenvalue weighted by molar-refractivity contribution is 7.19. The fraction of sp³-hybridized carbons (Fsp3) is 0.200. The molecule has 6 heteroatoms. The first kappa shape index (κ1) is 11.2. The molecule has 84 valence electrons. The lowest BCUT2D eigenvalue weighted by atomic mass is 10.1. The van der Waals surface area contributed by atoms with E-state index in [4.69, 9.17) is 16.7 Å². The van der Waals surface area contributed by atoms with E-state index in [-0.39, 0.29) is 6.42 Å². The number of aryl methyl sites for hydroxylation is 1. The number of carboxylic acid groups (broad SMARTS) is 1. The number of halogens is 1. The molecular weight excluding hydrogens is 248 g/mol. The highest BCUT2D eigenvalue weighted by Crippen LogP contribution is 2.34. The molecule has 0 radical (unpaired) electrons. The predicted molar refractivity (Wildman–Crippen MR) is 63.0 cm³/mol. The van der Waals surface area contributed by atoms with Gasteiger partial charge in [-0.2, -0.15) is 5.10 Å². The van der Waals surface area contributed by atoms with Gasteiger partial charge in [-0.3, -0.25) is 9.89 Å². The molecule has 4 nitrogen and oxygen atoms in total. The maximum Gasteiger partial charge on any atom is 0.309 e. The van der Waals surface area contributed by atoms with Crippen molar-refractivity contribution in [1.29, 1.82) is 0 Å². The van der Waals surface area contributed by atoms with Gasteiger partial charge in [0.2, 0.25) is 0 Å². The summed E-state index contributed by atoms with van der Waals surface area (Å²) in [5.41, 5.74) is 2.25.